The predicted molar refractivity (Wildman–Crippen MR) is 37.5 cm³/mol. The molecule has 0 saturated carbocycles. The van der Waals surface area contributed by atoms with Gasteiger partial charge in [0.25, 0.3) is 0 Å². The Morgan fingerprint density at radius 2 is 2.17 bits per heavy atom. The van der Waals surface area contributed by atoms with Crippen molar-refractivity contribution in [2.45, 2.75) is 0 Å². The molecule has 6 nitrogen and oxygen atoms in total. The van der Waals surface area contributed by atoms with Crippen molar-refractivity contribution in [3.05, 3.63) is 35.1 Å². The molecule has 2 heterocycles. The minimum Gasteiger partial charge on any atom is -0.614 e. The SMILES string of the molecule is [O-][n+]1cccc2ncn[n+]([O-])c21. The number of nitrogens with zero attached hydrogens (tertiary/aromatic N) is 4. The predicted octanol–water partition coefficient (Wildman–Crippen LogP) is -1.10. The van der Waals surface area contributed by atoms with Crippen LogP contribution in [0, 0.1) is 10.4 Å². The Morgan fingerprint density at radius 3 is 2.92 bits per heavy atom. The normalized spacial score (nSPS) is 10.3. The molecule has 6 heteroatoms. The lowest BCUT2D eigenvalue weighted by molar-refractivity contribution is -0.726. The van der Waals surface area contributed by atoms with Crippen molar-refractivity contribution in [3.63, 3.8) is 0 Å². The second-order valence-electron chi connectivity index (χ2n) is 2.18. The highest BCUT2D eigenvalue weighted by atomic mass is 16.5. The Hall–Kier alpha value is -1.98. The molecule has 60 valence electrons. The fourth-order valence-electron chi connectivity index (χ4n) is 0.943. The van der Waals surface area contributed by atoms with Crippen molar-refractivity contribution in [2.24, 2.45) is 0 Å². The van der Waals surface area contributed by atoms with E-state index in [0.717, 1.165) is 6.33 Å². The van der Waals surface area contributed by atoms with Gasteiger partial charge in [0, 0.05) is 16.0 Å². The molecule has 0 aliphatic rings. The van der Waals surface area contributed by atoms with E-state index in [1.165, 1.54) is 12.3 Å². The number of fused-ring (bicyclic) bond motifs is 1. The fourth-order valence-corrected chi connectivity index (χ4v) is 0.943. The van der Waals surface area contributed by atoms with Gasteiger partial charge in [0.05, 0.1) is 0 Å². The van der Waals surface area contributed by atoms with Crippen molar-refractivity contribution in [2.75, 3.05) is 0 Å². The number of hydrogen-bond acceptors (Lipinski definition) is 4. The number of pyridine rings is 1. The lowest BCUT2D eigenvalue weighted by Crippen LogP contribution is -2.43. The molecular formula is C6H4N4O2. The zero-order valence-electron chi connectivity index (χ0n) is 5.91. The Kier molecular flexibility index (Phi) is 1.26. The minimum absolute atomic E-state index is 0.0972. The molecule has 0 spiro atoms. The van der Waals surface area contributed by atoms with Gasteiger partial charge in [0.15, 0.2) is 12.5 Å². The zero-order chi connectivity index (χ0) is 8.55. The summed E-state index contributed by atoms with van der Waals surface area (Å²) in [6.07, 6.45) is 2.33. The molecule has 0 radical (unpaired) electrons. The van der Waals surface area contributed by atoms with E-state index in [4.69, 9.17) is 0 Å². The van der Waals surface area contributed by atoms with Gasteiger partial charge in [-0.1, -0.05) is 0 Å². The molecule has 0 N–H and O–H groups in total. The summed E-state index contributed by atoms with van der Waals surface area (Å²) in [6.45, 7) is 0. The molecule has 0 aliphatic carbocycles. The molecule has 0 fully saturated rings. The minimum atomic E-state index is -0.0972. The standard InChI is InChI=1S/C6H4N4O2/c11-9-3-1-2-5-6(9)10(12)8-4-7-5/h1-4H. The first-order valence-electron chi connectivity index (χ1n) is 3.22. The molecule has 0 unspecified atom stereocenters. The second-order valence-corrected chi connectivity index (χ2v) is 2.18. The summed E-state index contributed by atoms with van der Waals surface area (Å²) in [4.78, 5) is 4.00. The first kappa shape index (κ1) is 6.71. The smallest absolute Gasteiger partial charge is 0.518 e. The Labute approximate surface area is 66.9 Å². The van der Waals surface area contributed by atoms with Crippen molar-refractivity contribution in [1.82, 2.24) is 10.1 Å². The van der Waals surface area contributed by atoms with Crippen LogP contribution >= 0.6 is 0 Å². The van der Waals surface area contributed by atoms with Crippen molar-refractivity contribution < 1.29 is 9.58 Å². The van der Waals surface area contributed by atoms with Crippen LogP contribution in [0.25, 0.3) is 11.2 Å². The molecular weight excluding hydrogens is 160 g/mol. The third-order valence-electron chi connectivity index (χ3n) is 1.45. The van der Waals surface area contributed by atoms with Crippen LogP contribution in [0.15, 0.2) is 24.7 Å². The average molecular weight is 164 g/mol. The van der Waals surface area contributed by atoms with Gasteiger partial charge in [-0.25, -0.2) is 4.98 Å². The molecule has 0 atom stereocenters. The third kappa shape index (κ3) is 0.815. The largest absolute Gasteiger partial charge is 0.614 e. The van der Waals surface area contributed by atoms with Gasteiger partial charge in [0.2, 0.25) is 5.52 Å². The van der Waals surface area contributed by atoms with Crippen LogP contribution < -0.4 is 9.58 Å². The Bertz CT molecular complexity index is 394. The summed E-state index contributed by atoms with van der Waals surface area (Å²) in [7, 11) is 0. The van der Waals surface area contributed by atoms with E-state index in [-0.39, 0.29) is 10.5 Å². The Morgan fingerprint density at radius 1 is 1.33 bits per heavy atom. The number of rotatable bonds is 0. The maximum atomic E-state index is 11.0. The van der Waals surface area contributed by atoms with E-state index < -0.39 is 0 Å². The molecule has 0 amide bonds. The summed E-state index contributed by atoms with van der Waals surface area (Å²) in [6, 6.07) is 3.09. The van der Waals surface area contributed by atoms with Crippen LogP contribution in [0.2, 0.25) is 0 Å². The van der Waals surface area contributed by atoms with Crippen LogP contribution in [0.1, 0.15) is 0 Å². The van der Waals surface area contributed by atoms with E-state index in [1.807, 2.05) is 0 Å². The van der Waals surface area contributed by atoms with Gasteiger partial charge in [-0.2, -0.15) is 0 Å². The summed E-state index contributed by atoms with van der Waals surface area (Å²) in [5, 5.41) is 25.3. The molecule has 0 saturated heterocycles. The topological polar surface area (TPSA) is 79.7 Å². The summed E-state index contributed by atoms with van der Waals surface area (Å²) in [5.74, 6) is 0. The van der Waals surface area contributed by atoms with E-state index in [9.17, 15) is 10.4 Å². The maximum Gasteiger partial charge on any atom is 0.518 e. The molecule has 0 aromatic carbocycles. The van der Waals surface area contributed by atoms with E-state index in [0.29, 0.717) is 10.2 Å². The van der Waals surface area contributed by atoms with Gasteiger partial charge in [-0.15, -0.1) is 4.73 Å². The molecule has 2 rings (SSSR count). The number of hydrogen-bond donors (Lipinski definition) is 0. The van der Waals surface area contributed by atoms with Crippen molar-refractivity contribution >= 4 is 11.2 Å². The van der Waals surface area contributed by atoms with Crippen LogP contribution in [0.5, 0.6) is 0 Å². The van der Waals surface area contributed by atoms with Gasteiger partial charge >= 0.3 is 5.65 Å². The molecule has 2 aromatic heterocycles. The Balaban J connectivity index is 2.96. The summed E-state index contributed by atoms with van der Waals surface area (Å²) in [5.41, 5.74) is 0.234. The van der Waals surface area contributed by atoms with Gasteiger partial charge in [0.1, 0.15) is 0 Å². The molecule has 0 aliphatic heterocycles. The van der Waals surface area contributed by atoms with Crippen molar-refractivity contribution in [1.29, 1.82) is 0 Å². The highest BCUT2D eigenvalue weighted by Crippen LogP contribution is 1.96. The lowest BCUT2D eigenvalue weighted by atomic mass is 10.4. The van der Waals surface area contributed by atoms with E-state index in [1.54, 1.807) is 6.07 Å². The number of aromatic nitrogens is 4. The lowest BCUT2D eigenvalue weighted by Gasteiger charge is -1.96. The quantitative estimate of drug-likeness (QED) is 0.365. The molecule has 0 bridgehead atoms. The third-order valence-corrected chi connectivity index (χ3v) is 1.45. The maximum absolute atomic E-state index is 11.0. The second kappa shape index (κ2) is 2.26. The highest BCUT2D eigenvalue weighted by Gasteiger charge is 2.14. The average Bonchev–Trinajstić information content (AvgIpc) is 2.04. The van der Waals surface area contributed by atoms with Crippen LogP contribution in [-0.4, -0.2) is 10.1 Å². The molecule has 12 heavy (non-hydrogen) atoms. The fraction of sp³-hybridized carbons (Fsp3) is 0. The summed E-state index contributed by atoms with van der Waals surface area (Å²) >= 11 is 0. The van der Waals surface area contributed by atoms with Gasteiger partial charge < -0.3 is 10.4 Å². The van der Waals surface area contributed by atoms with E-state index >= 15 is 0 Å². The highest BCUT2D eigenvalue weighted by molar-refractivity contribution is 5.61. The first-order chi connectivity index (χ1) is 5.79. The van der Waals surface area contributed by atoms with Crippen LogP contribution in [0.3, 0.4) is 0 Å². The zero-order valence-corrected chi connectivity index (χ0v) is 5.91. The van der Waals surface area contributed by atoms with Crippen molar-refractivity contribution in [3.8, 4) is 0 Å². The first-order valence-corrected chi connectivity index (χ1v) is 3.22. The summed E-state index contributed by atoms with van der Waals surface area (Å²) < 4.78 is 0.433. The van der Waals surface area contributed by atoms with Crippen LogP contribution in [0.4, 0.5) is 0 Å². The molecule has 2 aromatic rings. The van der Waals surface area contributed by atoms with Gasteiger partial charge in [-0.05, 0) is 6.07 Å². The van der Waals surface area contributed by atoms with Crippen LogP contribution in [-0.2, 0) is 0 Å². The monoisotopic (exact) mass is 164 g/mol. The van der Waals surface area contributed by atoms with Gasteiger partial charge in [-0.3, -0.25) is 0 Å². The van der Waals surface area contributed by atoms with E-state index in [2.05, 4.69) is 10.1 Å².